The van der Waals surface area contributed by atoms with Gasteiger partial charge in [-0.15, -0.1) is 0 Å². The molecular weight excluding hydrogens is 226 g/mol. The van der Waals surface area contributed by atoms with E-state index in [0.29, 0.717) is 0 Å². The normalized spacial score (nSPS) is 18.9. The quantitative estimate of drug-likeness (QED) is 0.840. The minimum absolute atomic E-state index is 0.267. The van der Waals surface area contributed by atoms with Crippen LogP contribution < -0.4 is 5.73 Å². The number of aromatic nitrogens is 4. The van der Waals surface area contributed by atoms with Crippen LogP contribution in [0.5, 0.6) is 0 Å². The highest BCUT2D eigenvalue weighted by atomic mass is 15.3. The summed E-state index contributed by atoms with van der Waals surface area (Å²) in [7, 11) is 0. The van der Waals surface area contributed by atoms with Crippen LogP contribution in [0.1, 0.15) is 30.4 Å². The van der Waals surface area contributed by atoms with Crippen molar-refractivity contribution in [2.45, 2.75) is 45.7 Å². The first-order valence-electron chi connectivity index (χ1n) is 6.55. The molecule has 1 unspecified atom stereocenters. The van der Waals surface area contributed by atoms with E-state index in [1.165, 1.54) is 11.4 Å². The minimum atomic E-state index is 0.267. The van der Waals surface area contributed by atoms with Crippen molar-refractivity contribution in [3.63, 3.8) is 0 Å². The van der Waals surface area contributed by atoms with Gasteiger partial charge in [-0.1, -0.05) is 0 Å². The lowest BCUT2D eigenvalue weighted by atomic mass is 9.97. The molecule has 1 aliphatic carbocycles. The Hall–Kier alpha value is -1.62. The van der Waals surface area contributed by atoms with E-state index in [-0.39, 0.29) is 6.04 Å². The number of H-pyrrole nitrogens is 1. The number of imidazole rings is 1. The summed E-state index contributed by atoms with van der Waals surface area (Å²) in [6, 6.07) is 2.34. The summed E-state index contributed by atoms with van der Waals surface area (Å²) in [5, 5.41) is 4.46. The van der Waals surface area contributed by atoms with Crippen molar-refractivity contribution in [2.24, 2.45) is 5.73 Å². The van der Waals surface area contributed by atoms with E-state index >= 15 is 0 Å². The van der Waals surface area contributed by atoms with Crippen LogP contribution in [0.25, 0.3) is 11.5 Å². The van der Waals surface area contributed by atoms with Crippen molar-refractivity contribution in [1.82, 2.24) is 19.7 Å². The number of hydrogen-bond donors (Lipinski definition) is 2. The van der Waals surface area contributed by atoms with Gasteiger partial charge in [0.25, 0.3) is 0 Å². The topological polar surface area (TPSA) is 72.5 Å². The fourth-order valence-electron chi connectivity index (χ4n) is 2.61. The molecule has 3 rings (SSSR count). The molecule has 0 radical (unpaired) electrons. The van der Waals surface area contributed by atoms with Gasteiger partial charge in [0.1, 0.15) is 5.69 Å². The molecule has 2 aromatic heterocycles. The van der Waals surface area contributed by atoms with E-state index in [4.69, 9.17) is 10.7 Å². The van der Waals surface area contributed by atoms with Crippen LogP contribution in [-0.2, 0) is 19.4 Å². The number of aromatic amines is 1. The fourth-order valence-corrected chi connectivity index (χ4v) is 2.61. The van der Waals surface area contributed by atoms with Crippen LogP contribution in [0.15, 0.2) is 6.07 Å². The van der Waals surface area contributed by atoms with Gasteiger partial charge >= 0.3 is 0 Å². The van der Waals surface area contributed by atoms with Crippen LogP contribution in [0, 0.1) is 6.92 Å². The van der Waals surface area contributed by atoms with Crippen molar-refractivity contribution < 1.29 is 0 Å². The molecule has 2 aromatic rings. The van der Waals surface area contributed by atoms with Crippen LogP contribution in [-0.4, -0.2) is 25.8 Å². The third-order valence-electron chi connectivity index (χ3n) is 3.53. The second-order valence-corrected chi connectivity index (χ2v) is 5.00. The van der Waals surface area contributed by atoms with Gasteiger partial charge in [-0.2, -0.15) is 5.10 Å². The van der Waals surface area contributed by atoms with Crippen LogP contribution in [0.2, 0.25) is 0 Å². The van der Waals surface area contributed by atoms with Crippen molar-refractivity contribution in [2.75, 3.05) is 0 Å². The van der Waals surface area contributed by atoms with Crippen LogP contribution >= 0.6 is 0 Å². The Morgan fingerprint density at radius 1 is 1.56 bits per heavy atom. The van der Waals surface area contributed by atoms with Gasteiger partial charge in [-0.05, 0) is 32.8 Å². The first-order valence-corrected chi connectivity index (χ1v) is 6.55. The zero-order valence-electron chi connectivity index (χ0n) is 10.9. The number of nitrogens with zero attached hydrogens (tertiary/aromatic N) is 3. The monoisotopic (exact) mass is 245 g/mol. The second kappa shape index (κ2) is 4.24. The number of nitrogens with two attached hydrogens (primary N) is 1. The minimum Gasteiger partial charge on any atom is -0.340 e. The van der Waals surface area contributed by atoms with Gasteiger partial charge in [0.15, 0.2) is 5.82 Å². The molecule has 0 saturated heterocycles. The number of rotatable bonds is 2. The van der Waals surface area contributed by atoms with Gasteiger partial charge in [0, 0.05) is 24.7 Å². The van der Waals surface area contributed by atoms with Crippen molar-refractivity contribution in [3.8, 4) is 11.5 Å². The first-order chi connectivity index (χ1) is 8.67. The Balaban J connectivity index is 2.02. The van der Waals surface area contributed by atoms with Crippen LogP contribution in [0.4, 0.5) is 0 Å². The molecule has 0 fully saturated rings. The smallest absolute Gasteiger partial charge is 0.156 e. The summed E-state index contributed by atoms with van der Waals surface area (Å²) < 4.78 is 1.99. The third-order valence-corrected chi connectivity index (χ3v) is 3.53. The highest BCUT2D eigenvalue weighted by Crippen LogP contribution is 2.24. The zero-order chi connectivity index (χ0) is 12.7. The average molecular weight is 245 g/mol. The molecule has 0 spiro atoms. The lowest BCUT2D eigenvalue weighted by Gasteiger charge is -2.15. The maximum absolute atomic E-state index is 5.99. The zero-order valence-corrected chi connectivity index (χ0v) is 10.9. The Morgan fingerprint density at radius 2 is 2.39 bits per heavy atom. The molecule has 96 valence electrons. The fraction of sp³-hybridized carbons (Fsp3) is 0.538. The Kier molecular flexibility index (Phi) is 2.70. The molecule has 0 bridgehead atoms. The molecule has 5 nitrogen and oxygen atoms in total. The van der Waals surface area contributed by atoms with E-state index < -0.39 is 0 Å². The van der Waals surface area contributed by atoms with E-state index in [0.717, 1.165) is 43.0 Å². The first kappa shape index (κ1) is 11.5. The van der Waals surface area contributed by atoms with Gasteiger partial charge in [0.05, 0.1) is 11.4 Å². The number of aryl methyl sites for hydroxylation is 3. The molecule has 1 atom stereocenters. The van der Waals surface area contributed by atoms with E-state index in [9.17, 15) is 0 Å². The summed E-state index contributed by atoms with van der Waals surface area (Å²) >= 11 is 0. The lowest BCUT2D eigenvalue weighted by Crippen LogP contribution is -2.27. The number of hydrogen-bond acceptors (Lipinski definition) is 3. The standard InChI is InChI=1S/C13H19N5/c1-3-18-12(6-8(2)17-18)13-15-10-5-4-9(14)7-11(10)16-13/h6,9H,3-5,7,14H2,1-2H3,(H,15,16). The maximum atomic E-state index is 5.99. The molecule has 5 heteroatoms. The third kappa shape index (κ3) is 1.84. The summed E-state index contributed by atoms with van der Waals surface area (Å²) in [4.78, 5) is 8.12. The van der Waals surface area contributed by atoms with E-state index in [1.54, 1.807) is 0 Å². The molecular formula is C13H19N5. The number of nitrogens with one attached hydrogen (secondary N) is 1. The van der Waals surface area contributed by atoms with E-state index in [1.807, 2.05) is 11.6 Å². The SMILES string of the molecule is CCn1nc(C)cc1-c1nc2c([nH]1)CC(N)CC2. The van der Waals surface area contributed by atoms with Gasteiger partial charge in [-0.25, -0.2) is 4.98 Å². The number of fused-ring (bicyclic) bond motifs is 1. The molecule has 0 aromatic carbocycles. The molecule has 18 heavy (non-hydrogen) atoms. The van der Waals surface area contributed by atoms with E-state index in [2.05, 4.69) is 23.1 Å². The molecule has 2 heterocycles. The van der Waals surface area contributed by atoms with Gasteiger partial charge < -0.3 is 10.7 Å². The molecule has 0 amide bonds. The van der Waals surface area contributed by atoms with Gasteiger partial charge in [0.2, 0.25) is 0 Å². The lowest BCUT2D eigenvalue weighted by molar-refractivity contribution is 0.565. The van der Waals surface area contributed by atoms with Crippen LogP contribution in [0.3, 0.4) is 0 Å². The molecule has 0 saturated carbocycles. The molecule has 0 aliphatic heterocycles. The second-order valence-electron chi connectivity index (χ2n) is 5.00. The van der Waals surface area contributed by atoms with Crippen molar-refractivity contribution in [1.29, 1.82) is 0 Å². The van der Waals surface area contributed by atoms with Gasteiger partial charge in [-0.3, -0.25) is 4.68 Å². The summed E-state index contributed by atoms with van der Waals surface area (Å²) in [6.07, 6.45) is 2.91. The summed E-state index contributed by atoms with van der Waals surface area (Å²) in [5.41, 5.74) is 10.5. The van der Waals surface area contributed by atoms with Crippen molar-refractivity contribution >= 4 is 0 Å². The molecule has 3 N–H and O–H groups in total. The Bertz CT molecular complexity index is 566. The predicted molar refractivity (Wildman–Crippen MR) is 70.2 cm³/mol. The Morgan fingerprint density at radius 3 is 3.17 bits per heavy atom. The average Bonchev–Trinajstić information content (AvgIpc) is 2.91. The largest absolute Gasteiger partial charge is 0.340 e. The maximum Gasteiger partial charge on any atom is 0.156 e. The molecule has 1 aliphatic rings. The summed E-state index contributed by atoms with van der Waals surface area (Å²) in [6.45, 7) is 4.96. The Labute approximate surface area is 106 Å². The summed E-state index contributed by atoms with van der Waals surface area (Å²) in [5.74, 6) is 0.927. The predicted octanol–water partition coefficient (Wildman–Crippen LogP) is 1.42. The highest BCUT2D eigenvalue weighted by Gasteiger charge is 2.21. The van der Waals surface area contributed by atoms with Crippen molar-refractivity contribution in [3.05, 3.63) is 23.1 Å². The highest BCUT2D eigenvalue weighted by molar-refractivity contribution is 5.52.